The molecular weight excluding hydrogens is 523 g/mol. The van der Waals surface area contributed by atoms with E-state index in [2.05, 4.69) is 10.4 Å². The number of benzene rings is 2. The molecule has 0 radical (unpaired) electrons. The molecule has 0 saturated heterocycles. The molecule has 1 amide bonds. The second-order valence-corrected chi connectivity index (χ2v) is 11.4. The first-order valence-corrected chi connectivity index (χ1v) is 13.3. The van der Waals surface area contributed by atoms with Crippen LogP contribution in [-0.4, -0.2) is 30.8 Å². The topological polar surface area (TPSA) is 115 Å². The van der Waals surface area contributed by atoms with Crippen LogP contribution >= 0.6 is 23.2 Å². The number of carbonyl (C=O) groups is 1. The normalized spacial score (nSPS) is 20.5. The minimum Gasteiger partial charge on any atom is -0.497 e. The highest BCUT2D eigenvalue weighted by Gasteiger charge is 2.47. The van der Waals surface area contributed by atoms with E-state index in [1.165, 1.54) is 19.5 Å². The Balaban J connectivity index is 1.64. The molecule has 186 valence electrons. The average Bonchev–Trinajstić information content (AvgIpc) is 3.26. The monoisotopic (exact) mass is 544 g/mol. The summed E-state index contributed by atoms with van der Waals surface area (Å²) < 4.78 is 34.7. The van der Waals surface area contributed by atoms with Crippen molar-refractivity contribution in [2.45, 2.75) is 18.2 Å². The van der Waals surface area contributed by atoms with Gasteiger partial charge >= 0.3 is 0 Å². The van der Waals surface area contributed by atoms with Gasteiger partial charge in [-0.25, -0.2) is 8.42 Å². The molecule has 0 saturated carbocycles. The Labute approximate surface area is 218 Å². The number of hydrazine groups is 1. The number of halogens is 2. The molecule has 5 rings (SSSR count). The zero-order valence-electron chi connectivity index (χ0n) is 19.1. The zero-order chi connectivity index (χ0) is 25.6. The SMILES string of the molecule is COc1ccc2c(c1)CN(S(=O)(=O)C1c3ccccc3CC1C(N)=O)NC2=Cc1c(Cl)cncc1Cl. The van der Waals surface area contributed by atoms with Crippen LogP contribution in [0, 0.1) is 5.92 Å². The van der Waals surface area contributed by atoms with Crippen molar-refractivity contribution in [1.29, 1.82) is 0 Å². The van der Waals surface area contributed by atoms with Gasteiger partial charge in [0.1, 0.15) is 11.0 Å². The quantitative estimate of drug-likeness (QED) is 0.502. The molecule has 3 N–H and O–H groups in total. The third kappa shape index (κ3) is 4.22. The van der Waals surface area contributed by atoms with Gasteiger partial charge in [0.05, 0.1) is 35.3 Å². The number of hydrogen-bond acceptors (Lipinski definition) is 6. The smallest absolute Gasteiger partial charge is 0.239 e. The predicted octanol–water partition coefficient (Wildman–Crippen LogP) is 3.94. The first-order chi connectivity index (χ1) is 17.2. The lowest BCUT2D eigenvalue weighted by Crippen LogP contribution is -2.48. The highest BCUT2D eigenvalue weighted by atomic mass is 35.5. The summed E-state index contributed by atoms with van der Waals surface area (Å²) in [6, 6.07) is 12.5. The molecular formula is C25H22Cl2N4O4S. The lowest BCUT2D eigenvalue weighted by atomic mass is 10.0. The second-order valence-electron chi connectivity index (χ2n) is 8.59. The number of hydrogen-bond donors (Lipinski definition) is 2. The van der Waals surface area contributed by atoms with E-state index in [0.717, 1.165) is 15.5 Å². The molecule has 3 aromatic rings. The zero-order valence-corrected chi connectivity index (χ0v) is 21.4. The summed E-state index contributed by atoms with van der Waals surface area (Å²) in [4.78, 5) is 16.3. The van der Waals surface area contributed by atoms with Crippen LogP contribution in [0.4, 0.5) is 0 Å². The Kier molecular flexibility index (Phi) is 6.42. The first-order valence-electron chi connectivity index (χ1n) is 11.0. The molecule has 2 atom stereocenters. The molecule has 36 heavy (non-hydrogen) atoms. The van der Waals surface area contributed by atoms with Crippen molar-refractivity contribution in [3.8, 4) is 5.75 Å². The first kappa shape index (κ1) is 24.6. The maximum atomic E-state index is 14.1. The predicted molar refractivity (Wildman–Crippen MR) is 138 cm³/mol. The summed E-state index contributed by atoms with van der Waals surface area (Å²) in [5, 5.41) is -0.504. The maximum absolute atomic E-state index is 14.1. The highest BCUT2D eigenvalue weighted by molar-refractivity contribution is 7.89. The Hall–Kier alpha value is -3.11. The van der Waals surface area contributed by atoms with E-state index in [1.54, 1.807) is 30.3 Å². The number of methoxy groups -OCH3 is 1. The van der Waals surface area contributed by atoms with Gasteiger partial charge in [0.2, 0.25) is 15.9 Å². The standard InChI is InChI=1S/C25H22Cl2N4O4S/c1-35-16-6-7-17-15(8-16)13-31(30-23(17)10-19-21(26)11-29-12-22(19)27)36(33,34)24-18-5-3-2-4-14(18)9-20(24)25(28)32/h2-8,10-12,20,24,30H,9,13H2,1H3,(H2,28,32). The Morgan fingerprint density at radius 2 is 1.89 bits per heavy atom. The Morgan fingerprint density at radius 1 is 1.17 bits per heavy atom. The van der Waals surface area contributed by atoms with Gasteiger partial charge in [-0.05, 0) is 47.4 Å². The molecule has 1 aliphatic heterocycles. The van der Waals surface area contributed by atoms with Crippen LogP contribution in [0.15, 0.2) is 54.9 Å². The number of fused-ring (bicyclic) bond motifs is 2. The van der Waals surface area contributed by atoms with Gasteiger partial charge in [-0.2, -0.15) is 0 Å². The number of carbonyl (C=O) groups excluding carboxylic acids is 1. The van der Waals surface area contributed by atoms with Crippen LogP contribution < -0.4 is 15.9 Å². The number of nitrogens with two attached hydrogens (primary N) is 1. The van der Waals surface area contributed by atoms with Gasteiger partial charge in [0.15, 0.2) is 0 Å². The number of amides is 1. The van der Waals surface area contributed by atoms with Crippen LogP contribution in [0.2, 0.25) is 10.0 Å². The molecule has 0 fully saturated rings. The van der Waals surface area contributed by atoms with Gasteiger partial charge in [-0.3, -0.25) is 9.78 Å². The van der Waals surface area contributed by atoms with Crippen LogP contribution in [0.1, 0.15) is 33.1 Å². The van der Waals surface area contributed by atoms with E-state index in [9.17, 15) is 13.2 Å². The third-order valence-corrected chi connectivity index (χ3v) is 9.16. The van der Waals surface area contributed by atoms with Crippen LogP contribution in [-0.2, 0) is 27.8 Å². The van der Waals surface area contributed by atoms with Crippen molar-refractivity contribution in [3.05, 3.63) is 92.7 Å². The summed E-state index contributed by atoms with van der Waals surface area (Å²) in [5.74, 6) is -0.976. The summed E-state index contributed by atoms with van der Waals surface area (Å²) in [6.45, 7) is 0.00810. The largest absolute Gasteiger partial charge is 0.497 e. The molecule has 1 aromatic heterocycles. The number of ether oxygens (including phenoxy) is 1. The second kappa shape index (κ2) is 9.40. The van der Waals surface area contributed by atoms with Gasteiger partial charge < -0.3 is 15.9 Å². The van der Waals surface area contributed by atoms with E-state index in [4.69, 9.17) is 33.7 Å². The van der Waals surface area contributed by atoms with Crippen LogP contribution in [0.5, 0.6) is 5.75 Å². The van der Waals surface area contributed by atoms with Gasteiger partial charge in [-0.15, -0.1) is 4.41 Å². The van der Waals surface area contributed by atoms with E-state index < -0.39 is 27.1 Å². The van der Waals surface area contributed by atoms with Crippen molar-refractivity contribution in [2.24, 2.45) is 11.7 Å². The van der Waals surface area contributed by atoms with Crippen molar-refractivity contribution in [2.75, 3.05) is 7.11 Å². The molecule has 8 nitrogen and oxygen atoms in total. The molecule has 0 spiro atoms. The fourth-order valence-corrected chi connectivity index (χ4v) is 7.25. The lowest BCUT2D eigenvalue weighted by molar-refractivity contribution is -0.121. The third-order valence-electron chi connectivity index (χ3n) is 6.50. The molecule has 2 unspecified atom stereocenters. The summed E-state index contributed by atoms with van der Waals surface area (Å²) in [6.07, 6.45) is 4.85. The van der Waals surface area contributed by atoms with Crippen molar-refractivity contribution in [1.82, 2.24) is 14.8 Å². The van der Waals surface area contributed by atoms with Gasteiger partial charge in [-0.1, -0.05) is 47.5 Å². The number of sulfonamides is 1. The Morgan fingerprint density at radius 3 is 2.58 bits per heavy atom. The van der Waals surface area contributed by atoms with Crippen molar-refractivity contribution >= 4 is 50.9 Å². The number of rotatable bonds is 5. The fourth-order valence-electron chi connectivity index (χ4n) is 4.76. The fraction of sp³-hybridized carbons (Fsp3) is 0.200. The molecule has 1 aliphatic carbocycles. The summed E-state index contributed by atoms with van der Waals surface area (Å²) in [5.41, 5.74) is 12.5. The number of aromatic nitrogens is 1. The molecule has 11 heteroatoms. The molecule has 0 bridgehead atoms. The van der Waals surface area contributed by atoms with E-state index in [-0.39, 0.29) is 13.0 Å². The Bertz CT molecular complexity index is 1490. The highest BCUT2D eigenvalue weighted by Crippen LogP contribution is 2.44. The van der Waals surface area contributed by atoms with Crippen molar-refractivity contribution < 1.29 is 17.9 Å². The number of primary amides is 1. The lowest BCUT2D eigenvalue weighted by Gasteiger charge is -2.34. The molecule has 2 heterocycles. The van der Waals surface area contributed by atoms with E-state index in [1.807, 2.05) is 18.2 Å². The average molecular weight is 545 g/mol. The summed E-state index contributed by atoms with van der Waals surface area (Å²) in [7, 11) is -2.58. The minimum atomic E-state index is -4.12. The number of nitrogens with zero attached hydrogens (tertiary/aromatic N) is 2. The van der Waals surface area contributed by atoms with Gasteiger partial charge in [0, 0.05) is 23.5 Å². The molecule has 2 aromatic carbocycles. The van der Waals surface area contributed by atoms with E-state index in [0.29, 0.717) is 38.2 Å². The van der Waals surface area contributed by atoms with Crippen LogP contribution in [0.25, 0.3) is 11.8 Å². The van der Waals surface area contributed by atoms with Gasteiger partial charge in [0.25, 0.3) is 0 Å². The maximum Gasteiger partial charge on any atom is 0.239 e. The minimum absolute atomic E-state index is 0.00810. The summed E-state index contributed by atoms with van der Waals surface area (Å²) >= 11 is 12.7. The molecule has 2 aliphatic rings. The van der Waals surface area contributed by atoms with E-state index >= 15 is 0 Å². The number of pyridine rings is 1. The number of nitrogens with one attached hydrogen (secondary N) is 1. The van der Waals surface area contributed by atoms with Crippen LogP contribution in [0.3, 0.4) is 0 Å². The van der Waals surface area contributed by atoms with Crippen molar-refractivity contribution in [3.63, 3.8) is 0 Å².